The number of aliphatic hydroxyl groups is 1. The largest absolute Gasteiger partial charge is 0.386 e. The van der Waals surface area contributed by atoms with Crippen LogP contribution in [0.2, 0.25) is 4.34 Å². The van der Waals surface area contributed by atoms with E-state index in [1.807, 2.05) is 10.7 Å². The molecule has 1 aliphatic carbocycles. The van der Waals surface area contributed by atoms with Gasteiger partial charge in [-0.3, -0.25) is 4.68 Å². The molecular formula is C19H25ClN4O2S. The van der Waals surface area contributed by atoms with E-state index in [4.69, 9.17) is 16.3 Å². The fraction of sp³-hybridized carbons (Fsp3) is 0.684. The standard InChI is InChI=1S/C19H25ClN4O2S/c1-11-6-19(18-13(5-17(20)27-18)16(25)10-26-19)7-14(21-11)15-9-24(23-22-15)8-12-3-2-4-12/h5,9,11-12,14,16,21,25H,2-4,6-8,10H2,1H3/t11-,14-,16+,19-/m0/s1. The number of nitrogens with one attached hydrogen (secondary N) is 1. The zero-order valence-electron chi connectivity index (χ0n) is 15.4. The van der Waals surface area contributed by atoms with Crippen LogP contribution in [-0.2, 0) is 16.9 Å². The van der Waals surface area contributed by atoms with Crippen molar-refractivity contribution in [2.24, 2.45) is 5.92 Å². The molecule has 5 rings (SSSR count). The third-order valence-corrected chi connectivity index (χ3v) is 7.73. The van der Waals surface area contributed by atoms with Crippen molar-refractivity contribution in [1.29, 1.82) is 0 Å². The Morgan fingerprint density at radius 3 is 3.07 bits per heavy atom. The summed E-state index contributed by atoms with van der Waals surface area (Å²) in [5, 5.41) is 22.8. The number of aliphatic hydroxyl groups excluding tert-OH is 1. The first-order chi connectivity index (χ1) is 13.0. The summed E-state index contributed by atoms with van der Waals surface area (Å²) in [6, 6.07) is 2.24. The Kier molecular flexibility index (Phi) is 4.56. The van der Waals surface area contributed by atoms with Gasteiger partial charge in [-0.25, -0.2) is 0 Å². The molecule has 2 aromatic heterocycles. The predicted octanol–water partition coefficient (Wildman–Crippen LogP) is 3.57. The molecule has 2 aliphatic heterocycles. The minimum atomic E-state index is -0.596. The Morgan fingerprint density at radius 1 is 1.44 bits per heavy atom. The lowest BCUT2D eigenvalue weighted by atomic mass is 9.79. The second kappa shape index (κ2) is 6.81. The van der Waals surface area contributed by atoms with Gasteiger partial charge in [0.25, 0.3) is 0 Å². The topological polar surface area (TPSA) is 72.2 Å². The van der Waals surface area contributed by atoms with Crippen LogP contribution >= 0.6 is 22.9 Å². The average molecular weight is 409 g/mol. The Hall–Kier alpha value is -0.990. The Balaban J connectivity index is 1.42. The van der Waals surface area contributed by atoms with E-state index in [1.54, 1.807) is 0 Å². The number of fused-ring (bicyclic) bond motifs is 2. The lowest BCUT2D eigenvalue weighted by molar-refractivity contribution is -0.129. The highest BCUT2D eigenvalue weighted by atomic mass is 35.5. The highest BCUT2D eigenvalue weighted by molar-refractivity contribution is 7.16. The zero-order valence-corrected chi connectivity index (χ0v) is 17.0. The van der Waals surface area contributed by atoms with Crippen LogP contribution in [-0.4, -0.2) is 32.7 Å². The van der Waals surface area contributed by atoms with Crippen LogP contribution in [0.3, 0.4) is 0 Å². The van der Waals surface area contributed by atoms with Crippen molar-refractivity contribution in [3.8, 4) is 0 Å². The van der Waals surface area contributed by atoms with Crippen LogP contribution in [0.1, 0.15) is 67.3 Å². The zero-order chi connectivity index (χ0) is 18.6. The number of aromatic nitrogens is 3. The first-order valence-corrected chi connectivity index (χ1v) is 11.0. The molecule has 1 saturated heterocycles. The first kappa shape index (κ1) is 18.1. The van der Waals surface area contributed by atoms with Gasteiger partial charge in [-0.1, -0.05) is 23.2 Å². The van der Waals surface area contributed by atoms with Crippen molar-refractivity contribution in [3.05, 3.63) is 32.7 Å². The van der Waals surface area contributed by atoms with Gasteiger partial charge in [-0.15, -0.1) is 16.4 Å². The number of hydrogen-bond donors (Lipinski definition) is 2. The van der Waals surface area contributed by atoms with E-state index in [1.165, 1.54) is 30.6 Å². The molecule has 0 radical (unpaired) electrons. The Labute approximate surface area is 167 Å². The molecule has 4 heterocycles. The molecule has 6 nitrogen and oxygen atoms in total. The molecule has 0 aromatic carbocycles. The monoisotopic (exact) mass is 408 g/mol. The number of nitrogens with zero attached hydrogens (tertiary/aromatic N) is 3. The molecule has 3 aliphatic rings. The second-order valence-electron chi connectivity index (χ2n) is 8.35. The molecule has 27 heavy (non-hydrogen) atoms. The van der Waals surface area contributed by atoms with Gasteiger partial charge in [0.2, 0.25) is 0 Å². The lowest BCUT2D eigenvalue weighted by Crippen LogP contribution is -2.50. The third kappa shape index (κ3) is 3.23. The molecule has 2 aromatic rings. The van der Waals surface area contributed by atoms with Gasteiger partial charge in [-0.05, 0) is 38.2 Å². The number of ether oxygens (including phenoxy) is 1. The Morgan fingerprint density at radius 2 is 2.30 bits per heavy atom. The summed E-state index contributed by atoms with van der Waals surface area (Å²) in [4.78, 5) is 1.08. The summed E-state index contributed by atoms with van der Waals surface area (Å²) >= 11 is 7.82. The van der Waals surface area contributed by atoms with Crippen LogP contribution in [0.4, 0.5) is 0 Å². The average Bonchev–Trinajstić information content (AvgIpc) is 3.22. The van der Waals surface area contributed by atoms with Gasteiger partial charge >= 0.3 is 0 Å². The van der Waals surface area contributed by atoms with Crippen molar-refractivity contribution in [2.45, 2.75) is 69.4 Å². The van der Waals surface area contributed by atoms with E-state index >= 15 is 0 Å². The Bertz CT molecular complexity index is 836. The van der Waals surface area contributed by atoms with E-state index in [0.717, 1.165) is 41.4 Å². The van der Waals surface area contributed by atoms with Gasteiger partial charge in [0.05, 0.1) is 28.9 Å². The molecule has 8 heteroatoms. The van der Waals surface area contributed by atoms with Crippen LogP contribution in [0.15, 0.2) is 12.3 Å². The maximum Gasteiger partial charge on any atom is 0.106 e. The van der Waals surface area contributed by atoms with Gasteiger partial charge in [0.15, 0.2) is 0 Å². The fourth-order valence-corrected chi connectivity index (χ4v) is 6.19. The number of rotatable bonds is 3. The van der Waals surface area contributed by atoms with Crippen molar-refractivity contribution in [1.82, 2.24) is 20.3 Å². The number of thiophene rings is 1. The second-order valence-corrected chi connectivity index (χ2v) is 10.0. The van der Waals surface area contributed by atoms with E-state index in [-0.39, 0.29) is 12.1 Å². The molecule has 4 atom stereocenters. The molecule has 1 spiro atoms. The van der Waals surface area contributed by atoms with Crippen molar-refractivity contribution in [3.63, 3.8) is 0 Å². The smallest absolute Gasteiger partial charge is 0.106 e. The highest BCUT2D eigenvalue weighted by Gasteiger charge is 2.48. The van der Waals surface area contributed by atoms with Crippen molar-refractivity contribution < 1.29 is 9.84 Å². The molecule has 146 valence electrons. The lowest BCUT2D eigenvalue weighted by Gasteiger charge is -2.46. The summed E-state index contributed by atoms with van der Waals surface area (Å²) in [7, 11) is 0. The third-order valence-electron chi connectivity index (χ3n) is 6.26. The van der Waals surface area contributed by atoms with E-state index in [2.05, 4.69) is 28.7 Å². The normalized spacial score (nSPS) is 33.8. The fourth-order valence-electron chi connectivity index (χ4n) is 4.74. The minimum Gasteiger partial charge on any atom is -0.386 e. The summed E-state index contributed by atoms with van der Waals surface area (Å²) in [5.41, 5.74) is 1.48. The molecule has 2 N–H and O–H groups in total. The van der Waals surface area contributed by atoms with Crippen LogP contribution in [0, 0.1) is 5.92 Å². The number of hydrogen-bond acceptors (Lipinski definition) is 6. The van der Waals surface area contributed by atoms with Gasteiger partial charge in [0, 0.05) is 29.4 Å². The van der Waals surface area contributed by atoms with E-state index in [0.29, 0.717) is 10.9 Å². The van der Waals surface area contributed by atoms with Gasteiger partial charge in [-0.2, -0.15) is 0 Å². The SMILES string of the molecule is C[C@H]1C[C@@]2(C[C@@H](c3cn(CC4CCC4)nn3)N1)OC[C@@H](O)c1cc(Cl)sc12. The van der Waals surface area contributed by atoms with Gasteiger partial charge < -0.3 is 15.2 Å². The molecule has 0 bridgehead atoms. The summed E-state index contributed by atoms with van der Waals surface area (Å²) in [5.74, 6) is 0.753. The van der Waals surface area contributed by atoms with Crippen molar-refractivity contribution in [2.75, 3.05) is 6.61 Å². The molecular weight excluding hydrogens is 384 g/mol. The summed E-state index contributed by atoms with van der Waals surface area (Å²) in [6.45, 7) is 3.46. The number of piperidine rings is 1. The molecule has 0 amide bonds. The number of halogens is 1. The minimum absolute atomic E-state index is 0.0767. The maximum absolute atomic E-state index is 10.3. The van der Waals surface area contributed by atoms with Crippen LogP contribution in [0.25, 0.3) is 0 Å². The van der Waals surface area contributed by atoms with E-state index in [9.17, 15) is 5.11 Å². The molecule has 1 saturated carbocycles. The maximum atomic E-state index is 10.3. The quantitative estimate of drug-likeness (QED) is 0.812. The predicted molar refractivity (Wildman–Crippen MR) is 104 cm³/mol. The van der Waals surface area contributed by atoms with E-state index < -0.39 is 11.7 Å². The van der Waals surface area contributed by atoms with Gasteiger partial charge in [0.1, 0.15) is 11.7 Å². The summed E-state index contributed by atoms with van der Waals surface area (Å²) < 4.78 is 8.98. The molecule has 2 fully saturated rings. The molecule has 0 unspecified atom stereocenters. The van der Waals surface area contributed by atoms with Crippen LogP contribution < -0.4 is 5.32 Å². The first-order valence-electron chi connectivity index (χ1n) is 9.80. The van der Waals surface area contributed by atoms with Crippen molar-refractivity contribution >= 4 is 22.9 Å². The van der Waals surface area contributed by atoms with Crippen LogP contribution in [0.5, 0.6) is 0 Å². The highest BCUT2D eigenvalue weighted by Crippen LogP contribution is 2.51. The summed E-state index contributed by atoms with van der Waals surface area (Å²) in [6.07, 6.45) is 7.06.